The molecule has 6 nitrogen and oxygen atoms in total. The van der Waals surface area contributed by atoms with Crippen LogP contribution in [-0.2, 0) is 14.4 Å². The molecule has 0 aromatic rings. The Morgan fingerprint density at radius 2 is 2.00 bits per heavy atom. The van der Waals surface area contributed by atoms with Crippen molar-refractivity contribution in [2.45, 2.75) is 26.3 Å². The fraction of sp³-hybridized carbons (Fsp3) is 0.700. The van der Waals surface area contributed by atoms with Crippen molar-refractivity contribution >= 4 is 17.7 Å². The average Bonchev–Trinajstić information content (AvgIpc) is 2.23. The van der Waals surface area contributed by atoms with E-state index in [9.17, 15) is 14.4 Å². The lowest BCUT2D eigenvalue weighted by atomic mass is 10.2. The summed E-state index contributed by atoms with van der Waals surface area (Å²) in [4.78, 5) is 35.2. The summed E-state index contributed by atoms with van der Waals surface area (Å²) in [6.45, 7) is 3.87. The van der Waals surface area contributed by atoms with E-state index in [4.69, 9.17) is 0 Å². The maximum Gasteiger partial charge on any atom is 0.243 e. The molecule has 90 valence electrons. The number of carbonyl (C=O) groups excluding carboxylic acids is 3. The van der Waals surface area contributed by atoms with Gasteiger partial charge in [0, 0.05) is 6.04 Å². The van der Waals surface area contributed by atoms with Gasteiger partial charge in [-0.15, -0.1) is 0 Å². The van der Waals surface area contributed by atoms with Crippen molar-refractivity contribution in [3.63, 3.8) is 0 Å². The van der Waals surface area contributed by atoms with Crippen LogP contribution in [0.3, 0.4) is 0 Å². The quantitative estimate of drug-likeness (QED) is 0.595. The fourth-order valence-electron chi connectivity index (χ4n) is 1.35. The normalized spacial score (nSPS) is 18.5. The molecule has 0 aliphatic carbocycles. The second-order valence-corrected chi connectivity index (χ2v) is 3.85. The first kappa shape index (κ1) is 12.6. The molecule has 3 amide bonds. The molecule has 0 saturated carbocycles. The summed E-state index contributed by atoms with van der Waals surface area (Å²) in [6, 6.07) is 0.0561. The number of carbonyl (C=O) groups is 3. The van der Waals surface area contributed by atoms with E-state index in [-0.39, 0.29) is 43.4 Å². The second-order valence-electron chi connectivity index (χ2n) is 3.85. The first-order chi connectivity index (χ1) is 7.54. The lowest BCUT2D eigenvalue weighted by Gasteiger charge is -2.25. The number of rotatable bonds is 4. The highest BCUT2D eigenvalue weighted by molar-refractivity contribution is 6.02. The summed E-state index contributed by atoms with van der Waals surface area (Å²) in [5, 5.41) is 5.38. The van der Waals surface area contributed by atoms with Gasteiger partial charge in [0.05, 0.1) is 13.1 Å². The van der Waals surface area contributed by atoms with Crippen molar-refractivity contribution in [1.82, 2.24) is 15.5 Å². The third-order valence-electron chi connectivity index (χ3n) is 2.48. The molecule has 1 atom stereocenters. The van der Waals surface area contributed by atoms with E-state index >= 15 is 0 Å². The Morgan fingerprint density at radius 3 is 2.50 bits per heavy atom. The molecular weight excluding hydrogens is 210 g/mol. The molecule has 16 heavy (non-hydrogen) atoms. The zero-order chi connectivity index (χ0) is 12.1. The monoisotopic (exact) mass is 227 g/mol. The molecule has 1 saturated heterocycles. The minimum absolute atomic E-state index is 0.0561. The van der Waals surface area contributed by atoms with E-state index in [1.165, 1.54) is 0 Å². The molecule has 0 radical (unpaired) electrons. The van der Waals surface area contributed by atoms with E-state index in [1.54, 1.807) is 0 Å². The minimum atomic E-state index is -0.351. The zero-order valence-corrected chi connectivity index (χ0v) is 9.58. The maximum atomic E-state index is 11.5. The fourth-order valence-corrected chi connectivity index (χ4v) is 1.35. The number of nitrogens with one attached hydrogen (secondary N) is 2. The standard InChI is InChI=1S/C10H17N3O3/c1-3-7(2)12-8(14)6-13-9(15)4-11-5-10(13)16/h7,11H,3-6H2,1-2H3,(H,12,14). The predicted octanol–water partition coefficient (Wildman–Crippen LogP) is -1.14. The van der Waals surface area contributed by atoms with Crippen molar-refractivity contribution < 1.29 is 14.4 Å². The Bertz CT molecular complexity index is 288. The van der Waals surface area contributed by atoms with E-state index in [2.05, 4.69) is 10.6 Å². The molecule has 1 fully saturated rings. The lowest BCUT2D eigenvalue weighted by molar-refractivity contribution is -0.149. The number of hydrogen-bond acceptors (Lipinski definition) is 4. The van der Waals surface area contributed by atoms with E-state index in [1.807, 2.05) is 13.8 Å². The van der Waals surface area contributed by atoms with E-state index in [0.717, 1.165) is 11.3 Å². The van der Waals surface area contributed by atoms with Gasteiger partial charge in [-0.3, -0.25) is 24.6 Å². The smallest absolute Gasteiger partial charge is 0.243 e. The van der Waals surface area contributed by atoms with Crippen LogP contribution in [0.5, 0.6) is 0 Å². The molecule has 0 spiro atoms. The van der Waals surface area contributed by atoms with Gasteiger partial charge >= 0.3 is 0 Å². The number of imide groups is 1. The van der Waals surface area contributed by atoms with Gasteiger partial charge in [0.2, 0.25) is 17.7 Å². The van der Waals surface area contributed by atoms with Crippen molar-refractivity contribution in [3.8, 4) is 0 Å². The second kappa shape index (κ2) is 5.60. The van der Waals surface area contributed by atoms with Gasteiger partial charge in [0.1, 0.15) is 6.54 Å². The molecule has 6 heteroatoms. The molecule has 1 unspecified atom stereocenters. The SMILES string of the molecule is CCC(C)NC(=O)CN1C(=O)CNCC1=O. The van der Waals surface area contributed by atoms with Crippen LogP contribution in [0.1, 0.15) is 20.3 Å². The molecule has 1 aliphatic heterocycles. The lowest BCUT2D eigenvalue weighted by Crippen LogP contribution is -2.55. The Morgan fingerprint density at radius 1 is 1.44 bits per heavy atom. The van der Waals surface area contributed by atoms with Crippen LogP contribution >= 0.6 is 0 Å². The summed E-state index contributed by atoms with van der Waals surface area (Å²) in [7, 11) is 0. The highest BCUT2D eigenvalue weighted by Gasteiger charge is 2.27. The van der Waals surface area contributed by atoms with Crippen LogP contribution < -0.4 is 10.6 Å². The van der Waals surface area contributed by atoms with Crippen molar-refractivity contribution in [1.29, 1.82) is 0 Å². The van der Waals surface area contributed by atoms with Gasteiger partial charge in [0.25, 0.3) is 0 Å². The van der Waals surface area contributed by atoms with Gasteiger partial charge in [-0.1, -0.05) is 6.92 Å². The highest BCUT2D eigenvalue weighted by atomic mass is 16.2. The molecule has 0 bridgehead atoms. The molecule has 1 aliphatic rings. The summed E-state index contributed by atoms with van der Waals surface area (Å²) in [5.74, 6) is -0.996. The van der Waals surface area contributed by atoms with E-state index < -0.39 is 0 Å². The third kappa shape index (κ3) is 3.30. The highest BCUT2D eigenvalue weighted by Crippen LogP contribution is 1.97. The van der Waals surface area contributed by atoms with Gasteiger partial charge in [-0.25, -0.2) is 0 Å². The van der Waals surface area contributed by atoms with E-state index in [0.29, 0.717) is 0 Å². The Hall–Kier alpha value is -1.43. The van der Waals surface area contributed by atoms with Crippen LogP contribution in [0.25, 0.3) is 0 Å². The van der Waals surface area contributed by atoms with Crippen molar-refractivity contribution in [2.75, 3.05) is 19.6 Å². The molecular formula is C10H17N3O3. The van der Waals surface area contributed by atoms with Crippen LogP contribution in [0, 0.1) is 0 Å². The van der Waals surface area contributed by atoms with Crippen LogP contribution in [-0.4, -0.2) is 48.3 Å². The largest absolute Gasteiger partial charge is 0.352 e. The first-order valence-electron chi connectivity index (χ1n) is 5.37. The maximum absolute atomic E-state index is 11.5. The average molecular weight is 227 g/mol. The Balaban J connectivity index is 2.48. The molecule has 2 N–H and O–H groups in total. The number of amides is 3. The van der Waals surface area contributed by atoms with Gasteiger partial charge < -0.3 is 5.32 Å². The minimum Gasteiger partial charge on any atom is -0.352 e. The van der Waals surface area contributed by atoms with Crippen LogP contribution in [0.2, 0.25) is 0 Å². The number of piperazine rings is 1. The molecule has 0 aromatic carbocycles. The first-order valence-corrected chi connectivity index (χ1v) is 5.37. The van der Waals surface area contributed by atoms with Crippen molar-refractivity contribution in [2.24, 2.45) is 0 Å². The van der Waals surface area contributed by atoms with Crippen LogP contribution in [0.4, 0.5) is 0 Å². The zero-order valence-electron chi connectivity index (χ0n) is 9.58. The number of nitrogens with zero attached hydrogens (tertiary/aromatic N) is 1. The molecule has 1 rings (SSSR count). The van der Waals surface area contributed by atoms with Gasteiger partial charge in [-0.2, -0.15) is 0 Å². The summed E-state index contributed by atoms with van der Waals surface area (Å²) >= 11 is 0. The molecule has 1 heterocycles. The third-order valence-corrected chi connectivity index (χ3v) is 2.48. The Kier molecular flexibility index (Phi) is 4.42. The summed E-state index contributed by atoms with van der Waals surface area (Å²) < 4.78 is 0. The topological polar surface area (TPSA) is 78.5 Å². The predicted molar refractivity (Wildman–Crippen MR) is 57.5 cm³/mol. The Labute approximate surface area is 94.4 Å². The van der Waals surface area contributed by atoms with Crippen LogP contribution in [0.15, 0.2) is 0 Å². The van der Waals surface area contributed by atoms with Gasteiger partial charge in [0.15, 0.2) is 0 Å². The summed E-state index contributed by atoms with van der Waals surface area (Å²) in [6.07, 6.45) is 0.815. The summed E-state index contributed by atoms with van der Waals surface area (Å²) in [5.41, 5.74) is 0. The number of hydrogen-bond donors (Lipinski definition) is 2. The van der Waals surface area contributed by atoms with Gasteiger partial charge in [-0.05, 0) is 13.3 Å². The molecule has 0 aromatic heterocycles. The van der Waals surface area contributed by atoms with Crippen molar-refractivity contribution in [3.05, 3.63) is 0 Å².